The van der Waals surface area contributed by atoms with E-state index in [1.165, 1.54) is 0 Å². The van der Waals surface area contributed by atoms with E-state index in [9.17, 15) is 0 Å². The van der Waals surface area contributed by atoms with Crippen LogP contribution < -0.4 is 15.4 Å². The number of nitrogens with one attached hydrogen (secondary N) is 3. The van der Waals surface area contributed by atoms with E-state index in [1.807, 2.05) is 31.3 Å². The first-order valence-corrected chi connectivity index (χ1v) is 11.0. The number of aromatic nitrogens is 2. The summed E-state index contributed by atoms with van der Waals surface area (Å²) in [6, 6.07) is 16.4. The van der Waals surface area contributed by atoms with Gasteiger partial charge < -0.3 is 25.1 Å². The Morgan fingerprint density at radius 2 is 1.91 bits per heavy atom. The quantitative estimate of drug-likeness (QED) is 0.137. The number of hydrogen-bond donors (Lipinski definition) is 3. The number of rotatable bonds is 11. The Bertz CT molecular complexity index is 991. The van der Waals surface area contributed by atoms with Gasteiger partial charge in [0.15, 0.2) is 5.96 Å². The molecule has 7 nitrogen and oxygen atoms in total. The molecule has 0 radical (unpaired) electrons. The fourth-order valence-corrected chi connectivity index (χ4v) is 3.20. The first kappa shape index (κ1) is 26.7. The van der Waals surface area contributed by atoms with Gasteiger partial charge in [0.25, 0.3) is 0 Å². The first-order chi connectivity index (χ1) is 15.7. The highest BCUT2D eigenvalue weighted by molar-refractivity contribution is 14.0. The molecule has 3 aromatic rings. The SMILES string of the molecule is CCNC(=NCc1ccc(C)cc1OCCCOC)NCc1ncc(-c2ccccc2)[nH]1.I. The maximum absolute atomic E-state index is 5.98. The average molecular weight is 563 g/mol. The van der Waals surface area contributed by atoms with Crippen LogP contribution in [0.3, 0.4) is 0 Å². The third kappa shape index (κ3) is 8.70. The maximum atomic E-state index is 5.98. The van der Waals surface area contributed by atoms with E-state index in [0.29, 0.717) is 26.3 Å². The van der Waals surface area contributed by atoms with Crippen molar-refractivity contribution in [1.29, 1.82) is 0 Å². The van der Waals surface area contributed by atoms with Crippen molar-refractivity contribution in [3.63, 3.8) is 0 Å². The van der Waals surface area contributed by atoms with Gasteiger partial charge in [0, 0.05) is 32.2 Å². The third-order valence-corrected chi connectivity index (χ3v) is 4.86. The average Bonchev–Trinajstić information content (AvgIpc) is 3.29. The third-order valence-electron chi connectivity index (χ3n) is 4.86. The number of imidazole rings is 1. The predicted molar refractivity (Wildman–Crippen MR) is 144 cm³/mol. The fraction of sp³-hybridized carbons (Fsp3) is 0.360. The van der Waals surface area contributed by atoms with Crippen LogP contribution in [-0.4, -0.2) is 42.8 Å². The van der Waals surface area contributed by atoms with Crippen LogP contribution in [0.15, 0.2) is 59.7 Å². The number of hydrogen-bond acceptors (Lipinski definition) is 4. The standard InChI is InChI=1S/C25H33N5O2.HI/c1-4-26-25(29-18-24-27-17-22(30-24)20-9-6-5-7-10-20)28-16-21-12-11-19(2)15-23(21)32-14-8-13-31-3;/h5-7,9-12,15,17H,4,8,13-14,16,18H2,1-3H3,(H,27,30)(H2,26,28,29);1H. The first-order valence-electron chi connectivity index (χ1n) is 11.0. The summed E-state index contributed by atoms with van der Waals surface area (Å²) in [5.41, 5.74) is 4.33. The predicted octanol–water partition coefficient (Wildman–Crippen LogP) is 4.67. The molecule has 8 heteroatoms. The lowest BCUT2D eigenvalue weighted by Gasteiger charge is -2.13. The molecule has 0 amide bonds. The highest BCUT2D eigenvalue weighted by Crippen LogP contribution is 2.21. The zero-order valence-electron chi connectivity index (χ0n) is 19.6. The number of H-pyrrole nitrogens is 1. The van der Waals surface area contributed by atoms with Crippen LogP contribution in [0.5, 0.6) is 5.75 Å². The molecule has 0 aliphatic heterocycles. The van der Waals surface area contributed by atoms with Crippen molar-refractivity contribution < 1.29 is 9.47 Å². The lowest BCUT2D eigenvalue weighted by atomic mass is 10.1. The molecule has 0 unspecified atom stereocenters. The fourth-order valence-electron chi connectivity index (χ4n) is 3.20. The van der Waals surface area contributed by atoms with Crippen LogP contribution in [0.1, 0.15) is 30.3 Å². The summed E-state index contributed by atoms with van der Waals surface area (Å²) in [5, 5.41) is 6.64. The molecule has 0 saturated carbocycles. The topological polar surface area (TPSA) is 83.6 Å². The van der Waals surface area contributed by atoms with Crippen molar-refractivity contribution in [3.05, 3.63) is 71.7 Å². The summed E-state index contributed by atoms with van der Waals surface area (Å²) in [7, 11) is 1.70. The summed E-state index contributed by atoms with van der Waals surface area (Å²) in [4.78, 5) is 12.6. The Kier molecular flexibility index (Phi) is 11.7. The van der Waals surface area contributed by atoms with Crippen LogP contribution in [-0.2, 0) is 17.8 Å². The molecule has 0 saturated heterocycles. The minimum absolute atomic E-state index is 0. The second kappa shape index (κ2) is 14.5. The van der Waals surface area contributed by atoms with E-state index >= 15 is 0 Å². The van der Waals surface area contributed by atoms with Gasteiger partial charge in [-0.15, -0.1) is 24.0 Å². The summed E-state index contributed by atoms with van der Waals surface area (Å²) in [5.74, 6) is 2.46. The maximum Gasteiger partial charge on any atom is 0.191 e. The van der Waals surface area contributed by atoms with E-state index in [2.05, 4.69) is 57.9 Å². The van der Waals surface area contributed by atoms with Crippen molar-refractivity contribution in [2.45, 2.75) is 33.4 Å². The van der Waals surface area contributed by atoms with Crippen LogP contribution in [0, 0.1) is 6.92 Å². The molecule has 3 N–H and O–H groups in total. The number of nitrogens with zero attached hydrogens (tertiary/aromatic N) is 2. The molecule has 0 aliphatic rings. The van der Waals surface area contributed by atoms with E-state index in [-0.39, 0.29) is 24.0 Å². The van der Waals surface area contributed by atoms with Crippen molar-refractivity contribution in [2.75, 3.05) is 26.9 Å². The molecule has 33 heavy (non-hydrogen) atoms. The Morgan fingerprint density at radius 1 is 1.09 bits per heavy atom. The zero-order valence-corrected chi connectivity index (χ0v) is 21.9. The van der Waals surface area contributed by atoms with Crippen LogP contribution in [0.4, 0.5) is 0 Å². The highest BCUT2D eigenvalue weighted by Gasteiger charge is 2.07. The van der Waals surface area contributed by atoms with Crippen LogP contribution in [0.25, 0.3) is 11.3 Å². The van der Waals surface area contributed by atoms with Gasteiger partial charge in [-0.3, -0.25) is 0 Å². The van der Waals surface area contributed by atoms with Gasteiger partial charge in [-0.25, -0.2) is 9.98 Å². The van der Waals surface area contributed by atoms with E-state index in [4.69, 9.17) is 14.5 Å². The van der Waals surface area contributed by atoms with Gasteiger partial charge in [-0.05, 0) is 31.0 Å². The van der Waals surface area contributed by atoms with Crippen molar-refractivity contribution in [3.8, 4) is 17.0 Å². The van der Waals surface area contributed by atoms with Gasteiger partial charge in [0.05, 0.1) is 31.6 Å². The summed E-state index contributed by atoms with van der Waals surface area (Å²) in [6.07, 6.45) is 2.71. The zero-order chi connectivity index (χ0) is 22.6. The molecular formula is C25H34IN5O2. The van der Waals surface area contributed by atoms with Crippen LogP contribution >= 0.6 is 24.0 Å². The number of aliphatic imine (C=N–C) groups is 1. The monoisotopic (exact) mass is 563 g/mol. The number of aryl methyl sites for hydroxylation is 1. The Balaban J connectivity index is 0.00000385. The number of halogens is 1. The van der Waals surface area contributed by atoms with Crippen molar-refractivity contribution >= 4 is 29.9 Å². The molecule has 0 atom stereocenters. The minimum atomic E-state index is 0. The lowest BCUT2D eigenvalue weighted by molar-refractivity contribution is 0.172. The minimum Gasteiger partial charge on any atom is -0.493 e. The van der Waals surface area contributed by atoms with Gasteiger partial charge in [0.2, 0.25) is 0 Å². The molecule has 0 bridgehead atoms. The molecule has 2 aromatic carbocycles. The molecule has 1 heterocycles. The van der Waals surface area contributed by atoms with Gasteiger partial charge in [0.1, 0.15) is 11.6 Å². The molecule has 178 valence electrons. The van der Waals surface area contributed by atoms with E-state index < -0.39 is 0 Å². The second-order valence-corrected chi connectivity index (χ2v) is 7.46. The number of benzene rings is 2. The lowest BCUT2D eigenvalue weighted by Crippen LogP contribution is -2.37. The molecule has 0 fully saturated rings. The molecule has 0 spiro atoms. The molecule has 0 aliphatic carbocycles. The number of guanidine groups is 1. The second-order valence-electron chi connectivity index (χ2n) is 7.46. The van der Waals surface area contributed by atoms with E-state index in [0.717, 1.165) is 52.9 Å². The van der Waals surface area contributed by atoms with Gasteiger partial charge >= 0.3 is 0 Å². The normalized spacial score (nSPS) is 11.1. The van der Waals surface area contributed by atoms with E-state index in [1.54, 1.807) is 7.11 Å². The Morgan fingerprint density at radius 3 is 2.67 bits per heavy atom. The smallest absolute Gasteiger partial charge is 0.191 e. The summed E-state index contributed by atoms with van der Waals surface area (Å²) >= 11 is 0. The Hall–Kier alpha value is -2.59. The molecule has 3 rings (SSSR count). The summed E-state index contributed by atoms with van der Waals surface area (Å²) < 4.78 is 11.1. The van der Waals surface area contributed by atoms with Crippen LogP contribution in [0.2, 0.25) is 0 Å². The largest absolute Gasteiger partial charge is 0.493 e. The number of aromatic amines is 1. The van der Waals surface area contributed by atoms with Gasteiger partial charge in [-0.1, -0.05) is 42.5 Å². The summed E-state index contributed by atoms with van der Waals surface area (Å²) in [6.45, 7) is 7.26. The number of methoxy groups -OCH3 is 1. The highest BCUT2D eigenvalue weighted by atomic mass is 127. The van der Waals surface area contributed by atoms with Crippen molar-refractivity contribution in [1.82, 2.24) is 20.6 Å². The molecular weight excluding hydrogens is 529 g/mol. The molecule has 1 aromatic heterocycles. The van der Waals surface area contributed by atoms with Gasteiger partial charge in [-0.2, -0.15) is 0 Å². The van der Waals surface area contributed by atoms with Crippen molar-refractivity contribution in [2.24, 2.45) is 4.99 Å². The number of ether oxygens (including phenoxy) is 2. The Labute approximate surface area is 213 Å².